The molecule has 1 fully saturated rings. The molecule has 0 bridgehead atoms. The molecule has 6 nitrogen and oxygen atoms in total. The molecule has 2 rings (SSSR count). The Kier molecular flexibility index (Phi) is 7.23. The number of carbonyl (C=O) groups excluding carboxylic acids is 1. The molecule has 1 aromatic heterocycles. The van der Waals surface area contributed by atoms with Crippen molar-refractivity contribution in [2.45, 2.75) is 70.0 Å². The highest BCUT2D eigenvalue weighted by Gasteiger charge is 2.30. The zero-order valence-corrected chi connectivity index (χ0v) is 16.0. The summed E-state index contributed by atoms with van der Waals surface area (Å²) in [5.41, 5.74) is 2.81. The average Bonchev–Trinajstić information content (AvgIpc) is 2.79. The number of hydrogen-bond donors (Lipinski definition) is 2. The SMILES string of the molecule is CSc1nc(C)c(CCC(=O)N[C@H]2CCCCC[C@H]2C(=O)O)c(C)n1. The van der Waals surface area contributed by atoms with Crippen molar-refractivity contribution >= 4 is 23.6 Å². The molecule has 2 atom stereocenters. The lowest BCUT2D eigenvalue weighted by Crippen LogP contribution is -2.42. The first-order valence-corrected chi connectivity index (χ1v) is 10.0. The van der Waals surface area contributed by atoms with Crippen molar-refractivity contribution in [2.75, 3.05) is 6.26 Å². The molecule has 1 aromatic rings. The first kappa shape index (κ1) is 19.7. The van der Waals surface area contributed by atoms with Crippen LogP contribution in [0.2, 0.25) is 0 Å². The predicted octanol–water partition coefficient (Wildman–Crippen LogP) is 2.90. The van der Waals surface area contributed by atoms with Gasteiger partial charge in [-0.2, -0.15) is 0 Å². The lowest BCUT2D eigenvalue weighted by Gasteiger charge is -2.23. The minimum Gasteiger partial charge on any atom is -0.481 e. The van der Waals surface area contributed by atoms with E-state index < -0.39 is 11.9 Å². The highest BCUT2D eigenvalue weighted by atomic mass is 32.2. The Hall–Kier alpha value is -1.63. The smallest absolute Gasteiger partial charge is 0.308 e. The monoisotopic (exact) mass is 365 g/mol. The number of amides is 1. The van der Waals surface area contributed by atoms with Crippen molar-refractivity contribution in [3.05, 3.63) is 17.0 Å². The molecular weight excluding hydrogens is 338 g/mol. The number of rotatable bonds is 6. The van der Waals surface area contributed by atoms with E-state index in [1.807, 2.05) is 20.1 Å². The van der Waals surface area contributed by atoms with Crippen molar-refractivity contribution in [1.82, 2.24) is 15.3 Å². The van der Waals surface area contributed by atoms with Gasteiger partial charge < -0.3 is 10.4 Å². The van der Waals surface area contributed by atoms with Crippen LogP contribution in [-0.4, -0.2) is 39.2 Å². The fourth-order valence-corrected chi connectivity index (χ4v) is 3.91. The average molecular weight is 365 g/mol. The van der Waals surface area contributed by atoms with Crippen LogP contribution in [-0.2, 0) is 16.0 Å². The normalized spacial score (nSPS) is 20.8. The molecule has 1 amide bonds. The Bertz CT molecular complexity index is 613. The van der Waals surface area contributed by atoms with E-state index in [4.69, 9.17) is 0 Å². The molecule has 138 valence electrons. The van der Waals surface area contributed by atoms with Crippen molar-refractivity contribution in [3.63, 3.8) is 0 Å². The van der Waals surface area contributed by atoms with Crippen LogP contribution in [0.5, 0.6) is 0 Å². The van der Waals surface area contributed by atoms with Crippen molar-refractivity contribution in [2.24, 2.45) is 5.92 Å². The molecule has 7 heteroatoms. The summed E-state index contributed by atoms with van der Waals surface area (Å²) in [6, 6.07) is -0.259. The lowest BCUT2D eigenvalue weighted by atomic mass is 9.94. The zero-order chi connectivity index (χ0) is 18.4. The van der Waals surface area contributed by atoms with Gasteiger partial charge in [-0.05, 0) is 44.9 Å². The third-order valence-corrected chi connectivity index (χ3v) is 5.41. The predicted molar refractivity (Wildman–Crippen MR) is 97.7 cm³/mol. The highest BCUT2D eigenvalue weighted by molar-refractivity contribution is 7.98. The van der Waals surface area contributed by atoms with Gasteiger partial charge in [0.05, 0.1) is 5.92 Å². The molecule has 25 heavy (non-hydrogen) atoms. The van der Waals surface area contributed by atoms with Crippen molar-refractivity contribution in [1.29, 1.82) is 0 Å². The molecule has 0 unspecified atom stereocenters. The van der Waals surface area contributed by atoms with E-state index in [1.165, 1.54) is 11.8 Å². The van der Waals surface area contributed by atoms with E-state index in [1.54, 1.807) is 0 Å². The van der Waals surface area contributed by atoms with Gasteiger partial charge >= 0.3 is 5.97 Å². The molecule has 0 aromatic carbocycles. The number of hydrogen-bond acceptors (Lipinski definition) is 5. The number of carbonyl (C=O) groups is 2. The van der Waals surface area contributed by atoms with Crippen LogP contribution in [0.3, 0.4) is 0 Å². The maximum Gasteiger partial charge on any atom is 0.308 e. The molecule has 2 N–H and O–H groups in total. The maximum absolute atomic E-state index is 12.4. The molecule has 1 aliphatic rings. The maximum atomic E-state index is 12.4. The van der Waals surface area contributed by atoms with E-state index in [0.717, 1.165) is 47.8 Å². The summed E-state index contributed by atoms with van der Waals surface area (Å²) in [4.78, 5) is 32.7. The van der Waals surface area contributed by atoms with E-state index in [9.17, 15) is 14.7 Å². The lowest BCUT2D eigenvalue weighted by molar-refractivity contribution is -0.143. The van der Waals surface area contributed by atoms with Gasteiger partial charge in [-0.15, -0.1) is 0 Å². The van der Waals surface area contributed by atoms with Crippen molar-refractivity contribution in [3.8, 4) is 0 Å². The molecular formula is C18H27N3O3S. The summed E-state index contributed by atoms with van der Waals surface area (Å²) in [6.07, 6.45) is 7.14. The first-order chi connectivity index (χ1) is 11.9. The van der Waals surface area contributed by atoms with Gasteiger partial charge in [0.1, 0.15) is 0 Å². The van der Waals surface area contributed by atoms with Gasteiger partial charge in [0.25, 0.3) is 0 Å². The van der Waals surface area contributed by atoms with Crippen molar-refractivity contribution < 1.29 is 14.7 Å². The van der Waals surface area contributed by atoms with Crippen LogP contribution in [0.25, 0.3) is 0 Å². The number of nitrogens with zero attached hydrogens (tertiary/aromatic N) is 2. The fourth-order valence-electron chi connectivity index (χ4n) is 3.46. The van der Waals surface area contributed by atoms with Gasteiger partial charge in [0.15, 0.2) is 5.16 Å². The first-order valence-electron chi connectivity index (χ1n) is 8.82. The number of carboxylic acids is 1. The van der Waals surface area contributed by atoms with Crippen LogP contribution < -0.4 is 5.32 Å². The second kappa shape index (κ2) is 9.17. The van der Waals surface area contributed by atoms with Crippen LogP contribution in [0, 0.1) is 19.8 Å². The Morgan fingerprint density at radius 2 is 1.80 bits per heavy atom. The van der Waals surface area contributed by atoms with E-state index in [-0.39, 0.29) is 11.9 Å². The minimum atomic E-state index is -0.806. The number of aromatic nitrogens is 2. The summed E-state index contributed by atoms with van der Waals surface area (Å²) in [7, 11) is 0. The van der Waals surface area contributed by atoms with Crippen LogP contribution >= 0.6 is 11.8 Å². The van der Waals surface area contributed by atoms with Gasteiger partial charge in [0, 0.05) is 23.9 Å². The Labute approximate surface area is 153 Å². The number of aliphatic carboxylic acids is 1. The minimum absolute atomic E-state index is 0.0918. The summed E-state index contributed by atoms with van der Waals surface area (Å²) < 4.78 is 0. The van der Waals surface area contributed by atoms with Crippen LogP contribution in [0.1, 0.15) is 55.5 Å². The molecule has 1 saturated carbocycles. The molecule has 0 spiro atoms. The van der Waals surface area contributed by atoms with Crippen LogP contribution in [0.4, 0.5) is 0 Å². The van der Waals surface area contributed by atoms with E-state index in [0.29, 0.717) is 19.3 Å². The summed E-state index contributed by atoms with van der Waals surface area (Å²) in [5.74, 6) is -1.37. The third-order valence-electron chi connectivity index (χ3n) is 4.86. The van der Waals surface area contributed by atoms with Gasteiger partial charge in [-0.1, -0.05) is 31.0 Å². The number of thioether (sulfide) groups is 1. The summed E-state index contributed by atoms with van der Waals surface area (Å²) >= 11 is 1.50. The quantitative estimate of drug-likeness (QED) is 0.457. The van der Waals surface area contributed by atoms with Gasteiger partial charge in [-0.3, -0.25) is 9.59 Å². The number of carboxylic acid groups (broad SMARTS) is 1. The number of nitrogens with one attached hydrogen (secondary N) is 1. The standard InChI is InChI=1S/C18H27N3O3S/c1-11-13(12(2)20-18(19-11)25-3)9-10-16(22)21-15-8-6-4-5-7-14(15)17(23)24/h14-15H,4-10H2,1-3H3,(H,21,22)(H,23,24)/t14-,15+/m1/s1. The van der Waals surface area contributed by atoms with E-state index in [2.05, 4.69) is 15.3 Å². The molecule has 0 radical (unpaired) electrons. The Morgan fingerprint density at radius 3 is 2.40 bits per heavy atom. The molecule has 0 saturated heterocycles. The summed E-state index contributed by atoms with van der Waals surface area (Å²) in [5, 5.41) is 13.1. The van der Waals surface area contributed by atoms with Gasteiger partial charge in [-0.25, -0.2) is 9.97 Å². The fraction of sp³-hybridized carbons (Fsp3) is 0.667. The molecule has 1 aliphatic carbocycles. The second-order valence-electron chi connectivity index (χ2n) is 6.62. The zero-order valence-electron chi connectivity index (χ0n) is 15.2. The Balaban J connectivity index is 1.97. The third kappa shape index (κ3) is 5.42. The Morgan fingerprint density at radius 1 is 1.16 bits per heavy atom. The topological polar surface area (TPSA) is 92.2 Å². The van der Waals surface area contributed by atoms with Gasteiger partial charge in [0.2, 0.25) is 5.91 Å². The summed E-state index contributed by atoms with van der Waals surface area (Å²) in [6.45, 7) is 3.88. The highest BCUT2D eigenvalue weighted by Crippen LogP contribution is 2.24. The number of aryl methyl sites for hydroxylation is 2. The van der Waals surface area contributed by atoms with E-state index >= 15 is 0 Å². The van der Waals surface area contributed by atoms with Crippen LogP contribution in [0.15, 0.2) is 5.16 Å². The largest absolute Gasteiger partial charge is 0.481 e. The second-order valence-corrected chi connectivity index (χ2v) is 7.39. The molecule has 0 aliphatic heterocycles. The molecule has 1 heterocycles.